The molecule has 0 radical (unpaired) electrons. The number of aryl methyl sites for hydroxylation is 1. The van der Waals surface area contributed by atoms with E-state index < -0.39 is 23.0 Å². The number of hydrogen-bond donors (Lipinski definition) is 3. The molecule has 1 aromatic carbocycles. The third-order valence-electron chi connectivity index (χ3n) is 8.44. The van der Waals surface area contributed by atoms with Crippen LogP contribution in [0.5, 0.6) is 0 Å². The molecule has 0 bridgehead atoms. The number of aromatic carboxylic acids is 1. The van der Waals surface area contributed by atoms with Gasteiger partial charge in [0.25, 0.3) is 0 Å². The number of carboxylic acid groups (broad SMARTS) is 1. The summed E-state index contributed by atoms with van der Waals surface area (Å²) in [5, 5.41) is 13.2. The fraction of sp³-hybridized carbons (Fsp3) is 0.355. The number of pyridine rings is 3. The molecule has 13 heteroatoms. The first-order chi connectivity index (χ1) is 21.1. The van der Waals surface area contributed by atoms with E-state index in [1.807, 2.05) is 7.05 Å². The molecule has 1 fully saturated rings. The summed E-state index contributed by atoms with van der Waals surface area (Å²) in [5.41, 5.74) is 2.16. The summed E-state index contributed by atoms with van der Waals surface area (Å²) >= 11 is 0. The van der Waals surface area contributed by atoms with Crippen molar-refractivity contribution in [1.82, 2.24) is 24.4 Å². The average molecular weight is 606 g/mol. The molecule has 1 unspecified atom stereocenters. The maximum absolute atomic E-state index is 15.7. The monoisotopic (exact) mass is 605 g/mol. The van der Waals surface area contributed by atoms with Gasteiger partial charge < -0.3 is 34.5 Å². The standard InChI is InChI=1S/C31H33F2N7O4/c1-34-22-10-21(32)25(33)23-24-27(40-6-5-16(14-40)13-38(2)7-8-44-4)19(12-35-29(24)37-26(22)23)17-9-18-28(41)20(31(42)43)15-39(3)30(18)36-11-17/h9-12,15-16,34H,5-8,13-14H2,1-4H3,(H,35,37)(H,42,43). The van der Waals surface area contributed by atoms with E-state index in [-0.39, 0.29) is 16.3 Å². The number of aromatic nitrogens is 4. The Labute approximate surface area is 251 Å². The van der Waals surface area contributed by atoms with Crippen molar-refractivity contribution in [2.24, 2.45) is 13.0 Å². The maximum Gasteiger partial charge on any atom is 0.341 e. The molecule has 44 heavy (non-hydrogen) atoms. The largest absolute Gasteiger partial charge is 0.477 e. The molecular weight excluding hydrogens is 572 g/mol. The molecule has 5 aromatic rings. The predicted molar refractivity (Wildman–Crippen MR) is 166 cm³/mol. The van der Waals surface area contributed by atoms with Gasteiger partial charge in [0.1, 0.15) is 16.9 Å². The minimum absolute atomic E-state index is 0.0761. The molecule has 4 aromatic heterocycles. The first kappa shape index (κ1) is 29.5. The maximum atomic E-state index is 15.7. The molecule has 0 saturated carbocycles. The number of carboxylic acids is 1. The zero-order valence-corrected chi connectivity index (χ0v) is 24.9. The number of H-pyrrole nitrogens is 1. The zero-order chi connectivity index (χ0) is 31.3. The molecule has 230 valence electrons. The number of hydrogen-bond acceptors (Lipinski definition) is 8. The van der Waals surface area contributed by atoms with Gasteiger partial charge in [-0.25, -0.2) is 23.5 Å². The summed E-state index contributed by atoms with van der Waals surface area (Å²) in [4.78, 5) is 41.6. The molecule has 1 saturated heterocycles. The molecule has 5 heterocycles. The minimum Gasteiger partial charge on any atom is -0.477 e. The molecule has 3 N–H and O–H groups in total. The fourth-order valence-corrected chi connectivity index (χ4v) is 6.31. The quantitative estimate of drug-likeness (QED) is 0.228. The average Bonchev–Trinajstić information content (AvgIpc) is 3.63. The van der Waals surface area contributed by atoms with Crippen molar-refractivity contribution in [2.75, 3.05) is 64.2 Å². The van der Waals surface area contributed by atoms with Crippen molar-refractivity contribution in [3.63, 3.8) is 0 Å². The summed E-state index contributed by atoms with van der Waals surface area (Å²) in [5.74, 6) is -3.02. The van der Waals surface area contributed by atoms with E-state index in [0.717, 1.165) is 25.6 Å². The van der Waals surface area contributed by atoms with Crippen molar-refractivity contribution in [1.29, 1.82) is 0 Å². The van der Waals surface area contributed by atoms with Crippen LogP contribution in [-0.4, -0.2) is 89.5 Å². The number of rotatable bonds is 9. The second kappa shape index (κ2) is 11.5. The van der Waals surface area contributed by atoms with E-state index >= 15 is 4.39 Å². The van der Waals surface area contributed by atoms with Crippen LogP contribution in [0.4, 0.5) is 20.2 Å². The number of halogens is 2. The third-order valence-corrected chi connectivity index (χ3v) is 8.44. The van der Waals surface area contributed by atoms with Gasteiger partial charge in [-0.05, 0) is 25.5 Å². The Kier molecular flexibility index (Phi) is 7.68. The molecule has 0 spiro atoms. The minimum atomic E-state index is -1.34. The second-order valence-corrected chi connectivity index (χ2v) is 11.3. The van der Waals surface area contributed by atoms with Gasteiger partial charge >= 0.3 is 5.97 Å². The Morgan fingerprint density at radius 1 is 1.25 bits per heavy atom. The van der Waals surface area contributed by atoms with Crippen molar-refractivity contribution in [3.8, 4) is 11.1 Å². The van der Waals surface area contributed by atoms with Gasteiger partial charge in [-0.2, -0.15) is 0 Å². The third kappa shape index (κ3) is 4.91. The van der Waals surface area contributed by atoms with E-state index in [9.17, 15) is 19.1 Å². The van der Waals surface area contributed by atoms with Gasteiger partial charge in [0.2, 0.25) is 5.43 Å². The Hall–Kier alpha value is -4.62. The topological polar surface area (TPSA) is 129 Å². The first-order valence-electron chi connectivity index (χ1n) is 14.3. The number of ether oxygens (including phenoxy) is 1. The van der Waals surface area contributed by atoms with E-state index in [4.69, 9.17) is 4.74 Å². The molecule has 1 aliphatic heterocycles. The Bertz CT molecular complexity index is 1990. The number of methoxy groups -OCH3 is 1. The highest BCUT2D eigenvalue weighted by Crippen LogP contribution is 2.44. The number of aromatic amines is 1. The lowest BCUT2D eigenvalue weighted by atomic mass is 10.0. The number of nitrogens with one attached hydrogen (secondary N) is 2. The summed E-state index contributed by atoms with van der Waals surface area (Å²) < 4.78 is 37.3. The molecular formula is C31H33F2N7O4. The number of anilines is 2. The molecule has 0 aliphatic carbocycles. The lowest BCUT2D eigenvalue weighted by Gasteiger charge is -2.25. The molecule has 6 rings (SSSR count). The molecule has 11 nitrogen and oxygen atoms in total. The van der Waals surface area contributed by atoms with Crippen LogP contribution in [0.2, 0.25) is 0 Å². The summed E-state index contributed by atoms with van der Waals surface area (Å²) in [7, 11) is 6.97. The van der Waals surface area contributed by atoms with Crippen molar-refractivity contribution < 1.29 is 23.4 Å². The lowest BCUT2D eigenvalue weighted by Crippen LogP contribution is -2.30. The Balaban J connectivity index is 1.58. The van der Waals surface area contributed by atoms with Crippen LogP contribution in [0.15, 0.2) is 35.5 Å². The SMILES string of the molecule is CNc1cc(F)c(F)c2c1[nH]c1ncc(-c3cnc4c(c3)c(=O)c(C(=O)O)cn4C)c(N3CCC(CN(C)CCOC)C3)c12. The van der Waals surface area contributed by atoms with E-state index in [2.05, 4.69) is 30.1 Å². The highest BCUT2D eigenvalue weighted by molar-refractivity contribution is 6.18. The van der Waals surface area contributed by atoms with Gasteiger partial charge in [-0.1, -0.05) is 0 Å². The number of nitrogens with zero attached hydrogens (tertiary/aromatic N) is 5. The summed E-state index contributed by atoms with van der Waals surface area (Å²) in [6.45, 7) is 3.54. The smallest absolute Gasteiger partial charge is 0.341 e. The first-order valence-corrected chi connectivity index (χ1v) is 14.3. The number of benzene rings is 1. The van der Waals surface area contributed by atoms with Gasteiger partial charge in [0.15, 0.2) is 11.6 Å². The summed E-state index contributed by atoms with van der Waals surface area (Å²) in [6.07, 6.45) is 5.34. The van der Waals surface area contributed by atoms with Crippen LogP contribution in [-0.2, 0) is 11.8 Å². The van der Waals surface area contributed by atoms with E-state index in [0.29, 0.717) is 70.3 Å². The zero-order valence-electron chi connectivity index (χ0n) is 24.9. The number of fused-ring (bicyclic) bond motifs is 4. The number of likely N-dealkylation sites (N-methyl/N-ethyl adjacent to an activating group) is 1. The van der Waals surface area contributed by atoms with Crippen LogP contribution >= 0.6 is 0 Å². The highest BCUT2D eigenvalue weighted by atomic mass is 19.2. The van der Waals surface area contributed by atoms with E-state index in [1.54, 1.807) is 39.7 Å². The predicted octanol–water partition coefficient (Wildman–Crippen LogP) is 4.05. The second-order valence-electron chi connectivity index (χ2n) is 11.3. The Morgan fingerprint density at radius 3 is 2.77 bits per heavy atom. The number of carbonyl (C=O) groups is 1. The van der Waals surface area contributed by atoms with Crippen molar-refractivity contribution in [3.05, 3.63) is 58.1 Å². The van der Waals surface area contributed by atoms with E-state index in [1.165, 1.54) is 10.8 Å². The van der Waals surface area contributed by atoms with Crippen LogP contribution in [0.3, 0.4) is 0 Å². The van der Waals surface area contributed by atoms with Crippen molar-refractivity contribution >= 4 is 50.3 Å². The normalized spacial score (nSPS) is 15.3. The van der Waals surface area contributed by atoms with Gasteiger partial charge in [0.05, 0.1) is 39.7 Å². The lowest BCUT2D eigenvalue weighted by molar-refractivity contribution is 0.0695. The molecule has 0 amide bonds. The van der Waals surface area contributed by atoms with Crippen LogP contribution in [0.25, 0.3) is 44.1 Å². The molecule has 1 atom stereocenters. The van der Waals surface area contributed by atoms with Gasteiger partial charge in [-0.3, -0.25) is 4.79 Å². The van der Waals surface area contributed by atoms with Crippen LogP contribution in [0, 0.1) is 17.6 Å². The summed E-state index contributed by atoms with van der Waals surface area (Å²) in [6, 6.07) is 2.71. The van der Waals surface area contributed by atoms with Crippen LogP contribution < -0.4 is 15.6 Å². The highest BCUT2D eigenvalue weighted by Gasteiger charge is 2.30. The van der Waals surface area contributed by atoms with Gasteiger partial charge in [-0.15, -0.1) is 0 Å². The van der Waals surface area contributed by atoms with Crippen molar-refractivity contribution in [2.45, 2.75) is 6.42 Å². The fourth-order valence-electron chi connectivity index (χ4n) is 6.31. The molecule has 1 aliphatic rings. The Morgan fingerprint density at radius 2 is 2.05 bits per heavy atom. The van der Waals surface area contributed by atoms with Gasteiger partial charge in [0, 0.05) is 83.2 Å². The van der Waals surface area contributed by atoms with Crippen LogP contribution in [0.1, 0.15) is 16.8 Å².